The van der Waals surface area contributed by atoms with Gasteiger partial charge < -0.3 is 19.4 Å². The molecule has 1 aliphatic carbocycles. The van der Waals surface area contributed by atoms with E-state index in [4.69, 9.17) is 9.15 Å². The average Bonchev–Trinajstić information content (AvgIpc) is 3.61. The van der Waals surface area contributed by atoms with Crippen molar-refractivity contribution in [3.8, 4) is 0 Å². The van der Waals surface area contributed by atoms with Gasteiger partial charge in [-0.15, -0.1) is 0 Å². The molecule has 1 aliphatic heterocycles. The molecule has 1 saturated heterocycles. The fourth-order valence-corrected chi connectivity index (χ4v) is 6.35. The van der Waals surface area contributed by atoms with Crippen LogP contribution < -0.4 is 15.1 Å². The van der Waals surface area contributed by atoms with Gasteiger partial charge in [-0.2, -0.15) is 0 Å². The van der Waals surface area contributed by atoms with Crippen molar-refractivity contribution in [3.05, 3.63) is 77.9 Å². The second-order valence-electron chi connectivity index (χ2n) is 12.0. The molecule has 3 heterocycles. The number of pyridine rings is 1. The smallest absolute Gasteiger partial charge is 0.326 e. The van der Waals surface area contributed by atoms with Crippen LogP contribution in [0.25, 0.3) is 0 Å². The summed E-state index contributed by atoms with van der Waals surface area (Å²) < 4.78 is 10.7. The third-order valence-corrected chi connectivity index (χ3v) is 8.77. The number of nitrogens with one attached hydrogen (secondary N) is 1. The van der Waals surface area contributed by atoms with E-state index in [9.17, 15) is 14.4 Å². The van der Waals surface area contributed by atoms with E-state index in [2.05, 4.69) is 15.2 Å². The molecule has 45 heavy (non-hydrogen) atoms. The number of anilines is 2. The van der Waals surface area contributed by atoms with E-state index in [1.165, 1.54) is 12.7 Å². The Bertz CT molecular complexity index is 1400. The highest BCUT2D eigenvalue weighted by Gasteiger charge is 2.32. The summed E-state index contributed by atoms with van der Waals surface area (Å²) in [4.78, 5) is 49.9. The molecule has 3 amide bonds. The quantitative estimate of drug-likeness (QED) is 0.274. The number of rotatable bonds is 11. The monoisotopic (exact) mass is 615 g/mol. The summed E-state index contributed by atoms with van der Waals surface area (Å²) in [5.41, 5.74) is 2.77. The van der Waals surface area contributed by atoms with Gasteiger partial charge in [-0.3, -0.25) is 19.4 Å². The molecule has 2 aliphatic rings. The third kappa shape index (κ3) is 8.51. The van der Waals surface area contributed by atoms with Crippen molar-refractivity contribution in [1.82, 2.24) is 15.2 Å². The molecule has 3 aromatic rings. The highest BCUT2D eigenvalue weighted by atomic mass is 16.5. The lowest BCUT2D eigenvalue weighted by atomic mass is 9.96. The Labute approximate surface area is 265 Å². The molecule has 240 valence electrons. The van der Waals surface area contributed by atoms with Gasteiger partial charge in [0.25, 0.3) is 5.91 Å². The van der Waals surface area contributed by atoms with Crippen LogP contribution >= 0.6 is 0 Å². The summed E-state index contributed by atoms with van der Waals surface area (Å²) in [6, 6.07) is 15.0. The SMILES string of the molecule is CCOC(=O)CN(C(=O)NC1CCCCC1)c1ccccc1CCN1CCC(N(C(=O)c2ccco2)c2ccc(C)cn2)CC1. The molecule has 1 aromatic carbocycles. The number of furan rings is 1. The van der Waals surface area contributed by atoms with Gasteiger partial charge in [0, 0.05) is 43.6 Å². The number of aryl methyl sites for hydroxylation is 1. The van der Waals surface area contributed by atoms with Crippen LogP contribution in [0.5, 0.6) is 0 Å². The zero-order valence-electron chi connectivity index (χ0n) is 26.5. The standard InChI is InChI=1S/C35H45N5O5/c1-3-44-33(41)25-39(35(43)37-28-11-5-4-6-12-28)30-13-8-7-10-27(30)17-20-38-21-18-29(19-22-38)40(32-16-15-26(2)24-36-32)34(42)31-14-9-23-45-31/h7-10,13-16,23-24,28-29H,3-6,11-12,17-22,25H2,1-2H3,(H,37,43). The summed E-state index contributed by atoms with van der Waals surface area (Å²) in [5.74, 6) is 0.320. The van der Waals surface area contributed by atoms with Crippen LogP contribution in [0.4, 0.5) is 16.3 Å². The van der Waals surface area contributed by atoms with Crippen LogP contribution in [-0.4, -0.2) is 72.7 Å². The number of ether oxygens (including phenoxy) is 1. The number of carbonyl (C=O) groups is 3. The molecule has 0 radical (unpaired) electrons. The lowest BCUT2D eigenvalue weighted by molar-refractivity contribution is -0.141. The highest BCUT2D eigenvalue weighted by Crippen LogP contribution is 2.27. The maximum absolute atomic E-state index is 13.5. The van der Waals surface area contributed by atoms with Crippen LogP contribution in [-0.2, 0) is 16.0 Å². The molecule has 0 unspecified atom stereocenters. The van der Waals surface area contributed by atoms with E-state index in [1.807, 2.05) is 43.3 Å². The normalized spacial score (nSPS) is 16.2. The van der Waals surface area contributed by atoms with Gasteiger partial charge in [0.2, 0.25) is 0 Å². The van der Waals surface area contributed by atoms with E-state index in [1.54, 1.807) is 35.1 Å². The molecule has 10 nitrogen and oxygen atoms in total. The largest absolute Gasteiger partial charge is 0.465 e. The predicted octanol–water partition coefficient (Wildman–Crippen LogP) is 5.75. The minimum absolute atomic E-state index is 0.00936. The Morgan fingerprint density at radius 3 is 2.47 bits per heavy atom. The first-order chi connectivity index (χ1) is 21.9. The minimum Gasteiger partial charge on any atom is -0.465 e. The number of aromatic nitrogens is 1. The number of nitrogens with zero attached hydrogens (tertiary/aromatic N) is 4. The Morgan fingerprint density at radius 1 is 1.00 bits per heavy atom. The van der Waals surface area contributed by atoms with Gasteiger partial charge >= 0.3 is 12.0 Å². The lowest BCUT2D eigenvalue weighted by Crippen LogP contribution is -2.48. The second-order valence-corrected chi connectivity index (χ2v) is 12.0. The average molecular weight is 616 g/mol. The van der Waals surface area contributed by atoms with Gasteiger partial charge in [-0.25, -0.2) is 9.78 Å². The molecular formula is C35H45N5O5. The van der Waals surface area contributed by atoms with Gasteiger partial charge in [0.05, 0.1) is 12.9 Å². The van der Waals surface area contributed by atoms with Crippen LogP contribution in [0.2, 0.25) is 0 Å². The van der Waals surface area contributed by atoms with E-state index in [0.717, 1.165) is 75.0 Å². The fraction of sp³-hybridized carbons (Fsp3) is 0.486. The van der Waals surface area contributed by atoms with Gasteiger partial charge in [0.15, 0.2) is 5.76 Å². The fourth-order valence-electron chi connectivity index (χ4n) is 6.35. The number of hydrogen-bond donors (Lipinski definition) is 1. The molecular weight excluding hydrogens is 570 g/mol. The maximum atomic E-state index is 13.5. The third-order valence-electron chi connectivity index (χ3n) is 8.77. The molecule has 2 aromatic heterocycles. The first kappa shape index (κ1) is 32.2. The lowest BCUT2D eigenvalue weighted by Gasteiger charge is -2.38. The molecule has 1 N–H and O–H groups in total. The number of urea groups is 1. The van der Waals surface area contributed by atoms with Crippen molar-refractivity contribution in [2.75, 3.05) is 42.6 Å². The van der Waals surface area contributed by atoms with E-state index < -0.39 is 5.97 Å². The van der Waals surface area contributed by atoms with E-state index >= 15 is 0 Å². The van der Waals surface area contributed by atoms with Crippen LogP contribution in [0.1, 0.15) is 73.6 Å². The van der Waals surface area contributed by atoms with Crippen molar-refractivity contribution in [2.45, 2.75) is 77.3 Å². The molecule has 1 saturated carbocycles. The van der Waals surface area contributed by atoms with E-state index in [-0.39, 0.29) is 37.2 Å². The molecule has 0 atom stereocenters. The minimum atomic E-state index is -0.426. The topological polar surface area (TPSA) is 108 Å². The van der Waals surface area contributed by atoms with Crippen molar-refractivity contribution in [1.29, 1.82) is 0 Å². The summed E-state index contributed by atoms with van der Waals surface area (Å²) >= 11 is 0. The first-order valence-corrected chi connectivity index (χ1v) is 16.3. The van der Waals surface area contributed by atoms with Crippen molar-refractivity contribution in [3.63, 3.8) is 0 Å². The predicted molar refractivity (Wildman–Crippen MR) is 173 cm³/mol. The number of hydrogen-bond acceptors (Lipinski definition) is 7. The number of likely N-dealkylation sites (tertiary alicyclic amines) is 1. The Morgan fingerprint density at radius 2 is 1.78 bits per heavy atom. The van der Waals surface area contributed by atoms with Crippen LogP contribution in [0.15, 0.2) is 65.4 Å². The van der Waals surface area contributed by atoms with Crippen LogP contribution in [0.3, 0.4) is 0 Å². The van der Waals surface area contributed by atoms with Crippen molar-refractivity contribution in [2.24, 2.45) is 0 Å². The summed E-state index contributed by atoms with van der Waals surface area (Å²) in [5, 5.41) is 3.17. The molecule has 0 bridgehead atoms. The molecule has 5 rings (SSSR count). The first-order valence-electron chi connectivity index (χ1n) is 16.3. The summed E-state index contributed by atoms with van der Waals surface area (Å²) in [6.45, 7) is 6.29. The maximum Gasteiger partial charge on any atom is 0.326 e. The zero-order chi connectivity index (χ0) is 31.6. The number of carbonyl (C=O) groups excluding carboxylic acids is 3. The number of benzene rings is 1. The van der Waals surface area contributed by atoms with Crippen LogP contribution in [0, 0.1) is 6.92 Å². The zero-order valence-corrected chi connectivity index (χ0v) is 26.5. The van der Waals surface area contributed by atoms with E-state index in [0.29, 0.717) is 18.0 Å². The van der Waals surface area contributed by atoms with Gasteiger partial charge in [-0.05, 0) is 81.3 Å². The second kappa shape index (κ2) is 15.7. The number of piperidine rings is 1. The highest BCUT2D eigenvalue weighted by molar-refractivity contribution is 6.04. The molecule has 2 fully saturated rings. The molecule has 0 spiro atoms. The number of esters is 1. The number of amides is 3. The molecule has 10 heteroatoms. The Hall–Kier alpha value is -4.18. The Kier molecular flexibility index (Phi) is 11.2. The van der Waals surface area contributed by atoms with Gasteiger partial charge in [-0.1, -0.05) is 43.5 Å². The summed E-state index contributed by atoms with van der Waals surface area (Å²) in [6.07, 6.45) is 10.9. The number of para-hydroxylation sites is 1. The van der Waals surface area contributed by atoms with Gasteiger partial charge in [0.1, 0.15) is 12.4 Å². The summed E-state index contributed by atoms with van der Waals surface area (Å²) in [7, 11) is 0. The Balaban J connectivity index is 1.25. The van der Waals surface area contributed by atoms with Crippen molar-refractivity contribution >= 4 is 29.4 Å². The van der Waals surface area contributed by atoms with Crippen molar-refractivity contribution < 1.29 is 23.5 Å².